The molecule has 1 unspecified atom stereocenters. The summed E-state index contributed by atoms with van der Waals surface area (Å²) in [5, 5.41) is 8.13. The van der Waals surface area contributed by atoms with Crippen molar-refractivity contribution >= 4 is 29.2 Å². The monoisotopic (exact) mass is 270 g/mol. The van der Waals surface area contributed by atoms with E-state index in [1.165, 1.54) is 6.34 Å². The molecule has 0 aliphatic carbocycles. The van der Waals surface area contributed by atoms with Gasteiger partial charge in [0.05, 0.1) is 17.6 Å². The molecule has 2 aromatic rings. The van der Waals surface area contributed by atoms with Gasteiger partial charge in [-0.25, -0.2) is 4.99 Å². The molecule has 0 radical (unpaired) electrons. The smallest absolute Gasteiger partial charge is 0.118 e. The molecule has 0 amide bonds. The highest BCUT2D eigenvalue weighted by Crippen LogP contribution is 2.25. The number of nitrogens with zero attached hydrogens (tertiary/aromatic N) is 3. The molecule has 1 atom stereocenters. The number of hydrogen-bond acceptors (Lipinski definition) is 4. The van der Waals surface area contributed by atoms with Gasteiger partial charge in [0.2, 0.25) is 0 Å². The molecule has 1 aromatic heterocycles. The second kappa shape index (κ2) is 6.12. The summed E-state index contributed by atoms with van der Waals surface area (Å²) in [7, 11) is 1.74. The summed E-state index contributed by atoms with van der Waals surface area (Å²) < 4.78 is 0. The van der Waals surface area contributed by atoms with Gasteiger partial charge in [-0.1, -0.05) is 12.6 Å². The van der Waals surface area contributed by atoms with Crippen LogP contribution < -0.4 is 11.5 Å². The van der Waals surface area contributed by atoms with Gasteiger partial charge in [0.1, 0.15) is 5.69 Å². The van der Waals surface area contributed by atoms with E-state index in [0.717, 1.165) is 16.5 Å². The minimum atomic E-state index is 0.0819. The first kappa shape index (κ1) is 14.0. The Labute approximate surface area is 117 Å². The van der Waals surface area contributed by atoms with Gasteiger partial charge in [0, 0.05) is 31.1 Å². The van der Waals surface area contributed by atoms with Crippen LogP contribution in [0.5, 0.6) is 0 Å². The van der Waals surface area contributed by atoms with Crippen molar-refractivity contribution in [2.75, 3.05) is 13.6 Å². The number of aromatic nitrogens is 2. The average Bonchev–Trinajstić information content (AvgIpc) is 2.88. The molecule has 0 bridgehead atoms. The number of aliphatic imine (C=N–C) groups is 2. The largest absolute Gasteiger partial charge is 0.390 e. The summed E-state index contributed by atoms with van der Waals surface area (Å²) in [5.74, 6) is 0.0819. The lowest BCUT2D eigenvalue weighted by atomic mass is 9.98. The number of nitrogens with two attached hydrogens (primary N) is 2. The van der Waals surface area contributed by atoms with Gasteiger partial charge in [-0.15, -0.1) is 0 Å². The molecule has 20 heavy (non-hydrogen) atoms. The first-order chi connectivity index (χ1) is 9.71. The van der Waals surface area contributed by atoms with Crippen LogP contribution in [0.4, 0.5) is 0 Å². The lowest BCUT2D eigenvalue weighted by Gasteiger charge is -2.09. The minimum Gasteiger partial charge on any atom is -0.390 e. The molecule has 0 aliphatic heterocycles. The molecule has 104 valence electrons. The fourth-order valence-corrected chi connectivity index (χ4v) is 2.10. The predicted octanol–water partition coefficient (Wildman–Crippen LogP) is 1.26. The Balaban J connectivity index is 2.51. The van der Waals surface area contributed by atoms with E-state index in [0.29, 0.717) is 17.9 Å². The van der Waals surface area contributed by atoms with Crippen molar-refractivity contribution in [1.82, 2.24) is 10.2 Å². The van der Waals surface area contributed by atoms with Crippen LogP contribution in [0.25, 0.3) is 16.6 Å². The molecule has 1 aromatic carbocycles. The molecule has 0 fully saturated rings. The van der Waals surface area contributed by atoms with Crippen molar-refractivity contribution < 1.29 is 0 Å². The molecule has 6 nitrogen and oxygen atoms in total. The van der Waals surface area contributed by atoms with Crippen molar-refractivity contribution in [1.29, 1.82) is 0 Å². The Morgan fingerprint density at radius 1 is 1.55 bits per heavy atom. The zero-order chi connectivity index (χ0) is 14.5. The van der Waals surface area contributed by atoms with E-state index in [1.807, 2.05) is 24.4 Å². The number of nitrogens with one attached hydrogen (secondary N) is 1. The number of hydrogen-bond donors (Lipinski definition) is 3. The van der Waals surface area contributed by atoms with Crippen LogP contribution in [0.1, 0.15) is 17.2 Å². The quantitative estimate of drug-likeness (QED) is 0.562. The number of aromatic amines is 1. The van der Waals surface area contributed by atoms with Crippen molar-refractivity contribution in [3.8, 4) is 0 Å². The second-order valence-electron chi connectivity index (χ2n) is 4.35. The summed E-state index contributed by atoms with van der Waals surface area (Å²) in [5.41, 5.74) is 14.3. The topological polar surface area (TPSA) is 105 Å². The number of H-pyrrole nitrogens is 1. The second-order valence-corrected chi connectivity index (χ2v) is 4.35. The van der Waals surface area contributed by atoms with E-state index in [9.17, 15) is 0 Å². The van der Waals surface area contributed by atoms with Crippen LogP contribution in [0.15, 0.2) is 34.8 Å². The summed E-state index contributed by atoms with van der Waals surface area (Å²) in [6.45, 7) is 4.35. The molecular weight excluding hydrogens is 252 g/mol. The Hall–Kier alpha value is -2.47. The third kappa shape index (κ3) is 2.60. The van der Waals surface area contributed by atoms with Crippen molar-refractivity contribution in [2.24, 2.45) is 21.5 Å². The molecule has 5 N–H and O–H groups in total. The van der Waals surface area contributed by atoms with E-state index in [1.54, 1.807) is 7.05 Å². The number of benzene rings is 1. The van der Waals surface area contributed by atoms with Crippen molar-refractivity contribution in [3.05, 3.63) is 36.0 Å². The molecule has 6 heteroatoms. The summed E-state index contributed by atoms with van der Waals surface area (Å²) in [6.07, 6.45) is 3.05. The zero-order valence-electron chi connectivity index (χ0n) is 11.4. The molecule has 0 aliphatic rings. The number of rotatable bonds is 5. The van der Waals surface area contributed by atoms with Gasteiger partial charge < -0.3 is 16.5 Å². The third-order valence-corrected chi connectivity index (χ3v) is 3.10. The van der Waals surface area contributed by atoms with Gasteiger partial charge in [-0.2, -0.15) is 5.10 Å². The first-order valence-electron chi connectivity index (χ1n) is 6.25. The van der Waals surface area contributed by atoms with Gasteiger partial charge in [0.25, 0.3) is 0 Å². The van der Waals surface area contributed by atoms with Crippen LogP contribution >= 0.6 is 0 Å². The molecular formula is C14H18N6. The standard InChI is InChI=1S/C14H18N6/c1-9(18-8-16)14-12-5-10(11(6-15)7-17-2)3-4-13(12)19-20-14/h3-5,7-8,11H,1,6,15H2,2H3,(H2,16,18)(H,19,20). The lowest BCUT2D eigenvalue weighted by molar-refractivity contribution is 0.904. The van der Waals surface area contributed by atoms with Gasteiger partial charge in [-0.05, 0) is 17.7 Å². The molecule has 0 saturated carbocycles. The summed E-state index contributed by atoms with van der Waals surface area (Å²) in [4.78, 5) is 8.02. The third-order valence-electron chi connectivity index (χ3n) is 3.10. The van der Waals surface area contributed by atoms with Crippen LogP contribution in [-0.4, -0.2) is 36.3 Å². The Bertz CT molecular complexity index is 667. The number of fused-ring (bicyclic) bond motifs is 1. The van der Waals surface area contributed by atoms with Crippen LogP contribution in [0.2, 0.25) is 0 Å². The van der Waals surface area contributed by atoms with E-state index in [2.05, 4.69) is 26.8 Å². The van der Waals surface area contributed by atoms with E-state index < -0.39 is 0 Å². The molecule has 0 saturated heterocycles. The fraction of sp³-hybridized carbons (Fsp3) is 0.214. The van der Waals surface area contributed by atoms with Crippen molar-refractivity contribution in [2.45, 2.75) is 5.92 Å². The Morgan fingerprint density at radius 3 is 3.00 bits per heavy atom. The molecule has 0 spiro atoms. The maximum Gasteiger partial charge on any atom is 0.118 e. The first-order valence-corrected chi connectivity index (χ1v) is 6.25. The van der Waals surface area contributed by atoms with Crippen LogP contribution in [-0.2, 0) is 0 Å². The molecule has 2 rings (SSSR count). The summed E-state index contributed by atoms with van der Waals surface area (Å²) in [6, 6.07) is 6.01. The van der Waals surface area contributed by atoms with E-state index >= 15 is 0 Å². The van der Waals surface area contributed by atoms with Gasteiger partial charge >= 0.3 is 0 Å². The van der Waals surface area contributed by atoms with Crippen molar-refractivity contribution in [3.63, 3.8) is 0 Å². The van der Waals surface area contributed by atoms with Gasteiger partial charge in [-0.3, -0.25) is 5.10 Å². The Kier molecular flexibility index (Phi) is 4.27. The fourth-order valence-electron chi connectivity index (χ4n) is 2.10. The summed E-state index contributed by atoms with van der Waals surface area (Å²) >= 11 is 0. The highest BCUT2D eigenvalue weighted by molar-refractivity contribution is 5.91. The maximum atomic E-state index is 5.78. The minimum absolute atomic E-state index is 0.0819. The van der Waals surface area contributed by atoms with Crippen LogP contribution in [0, 0.1) is 0 Å². The van der Waals surface area contributed by atoms with E-state index in [-0.39, 0.29) is 5.92 Å². The van der Waals surface area contributed by atoms with E-state index in [4.69, 9.17) is 11.5 Å². The highest BCUT2D eigenvalue weighted by Gasteiger charge is 2.12. The zero-order valence-corrected chi connectivity index (χ0v) is 11.4. The normalized spacial score (nSPS) is 13.5. The Morgan fingerprint density at radius 2 is 2.35 bits per heavy atom. The predicted molar refractivity (Wildman–Crippen MR) is 84.0 cm³/mol. The maximum absolute atomic E-state index is 5.78. The van der Waals surface area contributed by atoms with Gasteiger partial charge in [0.15, 0.2) is 0 Å². The van der Waals surface area contributed by atoms with Crippen LogP contribution in [0.3, 0.4) is 0 Å². The lowest BCUT2D eigenvalue weighted by Crippen LogP contribution is -2.13. The highest BCUT2D eigenvalue weighted by atomic mass is 15.1. The SMILES string of the molecule is C=C(N=CN)c1n[nH]c2ccc(C(C=NC)CN)cc12. The molecule has 1 heterocycles. The average molecular weight is 270 g/mol.